The molecule has 3 atom stereocenters. The topological polar surface area (TPSA) is 80.7 Å². The van der Waals surface area contributed by atoms with Gasteiger partial charge in [-0.3, -0.25) is 9.69 Å². The van der Waals surface area contributed by atoms with Crippen LogP contribution >= 0.6 is 11.8 Å². The molecule has 2 rings (SSSR count). The zero-order valence-corrected chi connectivity index (χ0v) is 13.9. The number of carboxylic acids is 1. The number of fused-ring (bicyclic) bond motifs is 1. The van der Waals surface area contributed by atoms with Crippen LogP contribution in [0, 0.1) is 11.8 Å². The molecular formula is C10H12KNO4S. The van der Waals surface area contributed by atoms with Gasteiger partial charge in [-0.15, -0.1) is 11.8 Å². The normalized spacial score (nSPS) is 28.4. The second kappa shape index (κ2) is 5.73. The van der Waals surface area contributed by atoms with E-state index in [2.05, 4.69) is 0 Å². The molecule has 1 fully saturated rings. The standard InChI is InChI=1S/C10H13NO4S.K/c1-4(3-12)6-8(13)11-7(10(14)15)5(2)16-9(6)11;/h4,6,9,12H,3H2,1-2H3,(H,14,15);/q;+1/p-1/t4?,6?,9-;/m1./s1. The number of carbonyl (C=O) groups excluding carboxylic acids is 2. The zero-order chi connectivity index (χ0) is 12.0. The fourth-order valence-corrected chi connectivity index (χ4v) is 3.64. The smallest absolute Gasteiger partial charge is 0.543 e. The first kappa shape index (κ1) is 15.7. The van der Waals surface area contributed by atoms with Gasteiger partial charge in [0.25, 0.3) is 0 Å². The third kappa shape index (κ3) is 2.38. The summed E-state index contributed by atoms with van der Waals surface area (Å²) in [7, 11) is 0. The maximum absolute atomic E-state index is 11.8. The fraction of sp³-hybridized carbons (Fsp3) is 0.600. The quantitative estimate of drug-likeness (QED) is 0.423. The second-order valence-electron chi connectivity index (χ2n) is 4.09. The van der Waals surface area contributed by atoms with Gasteiger partial charge in [-0.05, 0) is 12.8 Å². The number of amides is 1. The van der Waals surface area contributed by atoms with Gasteiger partial charge in [-0.2, -0.15) is 0 Å². The van der Waals surface area contributed by atoms with Crippen LogP contribution in [0.3, 0.4) is 0 Å². The molecule has 0 aromatic heterocycles. The van der Waals surface area contributed by atoms with Crippen molar-refractivity contribution in [2.75, 3.05) is 6.61 Å². The minimum absolute atomic E-state index is 0. The van der Waals surface area contributed by atoms with Crippen LogP contribution in [0.2, 0.25) is 0 Å². The summed E-state index contributed by atoms with van der Waals surface area (Å²) in [5, 5.41) is 19.7. The summed E-state index contributed by atoms with van der Waals surface area (Å²) < 4.78 is 0. The summed E-state index contributed by atoms with van der Waals surface area (Å²) in [6.07, 6.45) is 0. The van der Waals surface area contributed by atoms with E-state index in [4.69, 9.17) is 5.11 Å². The number of β-lactam (4-membered cyclic amide) rings is 1. The van der Waals surface area contributed by atoms with Crippen molar-refractivity contribution in [1.29, 1.82) is 0 Å². The number of aliphatic carboxylic acids is 1. The number of aliphatic hydroxyl groups is 1. The largest absolute Gasteiger partial charge is 1.00 e. The van der Waals surface area contributed by atoms with E-state index in [1.165, 1.54) is 16.7 Å². The molecular weight excluding hydrogens is 269 g/mol. The first-order chi connectivity index (χ1) is 7.49. The summed E-state index contributed by atoms with van der Waals surface area (Å²) in [6.45, 7) is 3.38. The minimum Gasteiger partial charge on any atom is -0.543 e. The maximum Gasteiger partial charge on any atom is 1.00 e. The molecule has 17 heavy (non-hydrogen) atoms. The number of hydrogen-bond donors (Lipinski definition) is 1. The molecule has 0 saturated carbocycles. The van der Waals surface area contributed by atoms with Crippen molar-refractivity contribution in [3.05, 3.63) is 10.6 Å². The van der Waals surface area contributed by atoms with Gasteiger partial charge < -0.3 is 15.0 Å². The summed E-state index contributed by atoms with van der Waals surface area (Å²) in [5.41, 5.74) is -0.0126. The monoisotopic (exact) mass is 281 g/mol. The Morgan fingerprint density at radius 2 is 2.24 bits per heavy atom. The van der Waals surface area contributed by atoms with E-state index in [1.807, 2.05) is 0 Å². The van der Waals surface area contributed by atoms with Crippen LogP contribution in [0.25, 0.3) is 0 Å². The molecule has 0 radical (unpaired) electrons. The third-order valence-corrected chi connectivity index (χ3v) is 4.34. The Morgan fingerprint density at radius 1 is 1.65 bits per heavy atom. The van der Waals surface area contributed by atoms with Crippen LogP contribution < -0.4 is 56.5 Å². The number of allylic oxidation sites excluding steroid dienone is 1. The molecule has 0 spiro atoms. The summed E-state index contributed by atoms with van der Waals surface area (Å²) in [6, 6.07) is 0. The minimum atomic E-state index is -1.31. The SMILES string of the molecule is CC1=C(C(=O)[O-])N2C(=O)C(C(C)CO)[C@H]2S1.[K+]. The maximum atomic E-state index is 11.8. The second-order valence-corrected chi connectivity index (χ2v) is 5.43. The summed E-state index contributed by atoms with van der Waals surface area (Å²) >= 11 is 1.36. The van der Waals surface area contributed by atoms with Gasteiger partial charge in [-0.1, -0.05) is 6.92 Å². The van der Waals surface area contributed by atoms with E-state index >= 15 is 0 Å². The molecule has 2 heterocycles. The Labute approximate surface area is 146 Å². The number of nitrogens with zero attached hydrogens (tertiary/aromatic N) is 1. The Kier molecular flexibility index (Phi) is 5.28. The van der Waals surface area contributed by atoms with Crippen LogP contribution in [0.5, 0.6) is 0 Å². The first-order valence-corrected chi connectivity index (χ1v) is 5.89. The van der Waals surface area contributed by atoms with Gasteiger partial charge in [0, 0.05) is 11.5 Å². The average molecular weight is 281 g/mol. The van der Waals surface area contributed by atoms with E-state index in [0.717, 1.165) is 0 Å². The molecule has 1 amide bonds. The molecule has 2 aliphatic heterocycles. The predicted molar refractivity (Wildman–Crippen MR) is 55.7 cm³/mol. The molecule has 1 N–H and O–H groups in total. The Morgan fingerprint density at radius 3 is 2.71 bits per heavy atom. The van der Waals surface area contributed by atoms with Gasteiger partial charge in [0.05, 0.1) is 23.0 Å². The molecule has 0 aromatic carbocycles. The Hall–Kier alpha value is 0.626. The van der Waals surface area contributed by atoms with Crippen LogP contribution in [0.15, 0.2) is 10.6 Å². The van der Waals surface area contributed by atoms with Gasteiger partial charge in [0.2, 0.25) is 5.91 Å². The number of thioether (sulfide) groups is 1. The molecule has 2 unspecified atom stereocenters. The molecule has 7 heteroatoms. The number of rotatable bonds is 3. The Bertz CT molecular complexity index is 398. The first-order valence-electron chi connectivity index (χ1n) is 5.01. The fourth-order valence-electron chi connectivity index (χ4n) is 2.14. The van der Waals surface area contributed by atoms with Crippen molar-refractivity contribution in [3.8, 4) is 0 Å². The van der Waals surface area contributed by atoms with Gasteiger partial charge >= 0.3 is 51.4 Å². The van der Waals surface area contributed by atoms with Crippen molar-refractivity contribution < 1.29 is 71.2 Å². The zero-order valence-electron chi connectivity index (χ0n) is 9.97. The molecule has 0 bridgehead atoms. The number of aliphatic hydroxyl groups excluding tert-OH is 1. The Balaban J connectivity index is 0.00000144. The molecule has 88 valence electrons. The van der Waals surface area contributed by atoms with Crippen molar-refractivity contribution in [3.63, 3.8) is 0 Å². The number of carbonyl (C=O) groups is 2. The average Bonchev–Trinajstić information content (AvgIpc) is 2.52. The van der Waals surface area contributed by atoms with Crippen molar-refractivity contribution in [2.45, 2.75) is 19.2 Å². The van der Waals surface area contributed by atoms with Gasteiger partial charge in [-0.25, -0.2) is 0 Å². The number of carboxylic acid groups (broad SMARTS) is 1. The summed E-state index contributed by atoms with van der Waals surface area (Å²) in [5.74, 6) is -1.97. The summed E-state index contributed by atoms with van der Waals surface area (Å²) in [4.78, 5) is 24.5. The van der Waals surface area contributed by atoms with Gasteiger partial charge in [0.1, 0.15) is 0 Å². The molecule has 0 aromatic rings. The van der Waals surface area contributed by atoms with Crippen molar-refractivity contribution in [1.82, 2.24) is 4.90 Å². The van der Waals surface area contributed by atoms with E-state index in [9.17, 15) is 14.7 Å². The predicted octanol–water partition coefficient (Wildman–Crippen LogP) is -3.87. The van der Waals surface area contributed by atoms with E-state index in [1.54, 1.807) is 13.8 Å². The van der Waals surface area contributed by atoms with Crippen LogP contribution in [0.1, 0.15) is 13.8 Å². The van der Waals surface area contributed by atoms with Gasteiger partial charge in [0.15, 0.2) is 0 Å². The van der Waals surface area contributed by atoms with Crippen LogP contribution in [0.4, 0.5) is 0 Å². The van der Waals surface area contributed by atoms with E-state index < -0.39 is 5.97 Å². The van der Waals surface area contributed by atoms with E-state index in [0.29, 0.717) is 4.91 Å². The van der Waals surface area contributed by atoms with Crippen molar-refractivity contribution >= 4 is 23.6 Å². The molecule has 5 nitrogen and oxygen atoms in total. The van der Waals surface area contributed by atoms with Crippen LogP contribution in [-0.2, 0) is 9.59 Å². The third-order valence-electron chi connectivity index (χ3n) is 3.05. The molecule has 0 aliphatic carbocycles. The van der Waals surface area contributed by atoms with E-state index in [-0.39, 0.29) is 86.8 Å². The molecule has 2 aliphatic rings. The number of hydrogen-bond acceptors (Lipinski definition) is 5. The molecule has 1 saturated heterocycles. The van der Waals surface area contributed by atoms with Crippen molar-refractivity contribution in [2.24, 2.45) is 11.8 Å². The van der Waals surface area contributed by atoms with Crippen LogP contribution in [-0.4, -0.2) is 33.9 Å².